The van der Waals surface area contributed by atoms with Crippen LogP contribution in [0.15, 0.2) is 48.5 Å². The Morgan fingerprint density at radius 3 is 2.38 bits per heavy atom. The van der Waals surface area contributed by atoms with Gasteiger partial charge in [-0.15, -0.1) is 12.4 Å². The predicted octanol–water partition coefficient (Wildman–Crippen LogP) is 4.39. The first kappa shape index (κ1) is 21.8. The minimum Gasteiger partial charge on any atom is -0.457 e. The molecular weight excluding hydrogens is 369 g/mol. The second-order valence-electron chi connectivity index (χ2n) is 5.68. The molecule has 0 radical (unpaired) electrons. The number of alkyl halides is 3. The lowest BCUT2D eigenvalue weighted by molar-refractivity contribution is -0.137. The summed E-state index contributed by atoms with van der Waals surface area (Å²) in [7, 11) is 0. The molecule has 0 aliphatic rings. The normalized spacial score (nSPS) is 12.0. The monoisotopic (exact) mass is 388 g/mol. The van der Waals surface area contributed by atoms with Crippen molar-refractivity contribution in [2.24, 2.45) is 5.73 Å². The van der Waals surface area contributed by atoms with Gasteiger partial charge in [0.15, 0.2) is 0 Å². The van der Waals surface area contributed by atoms with E-state index in [1.54, 1.807) is 18.2 Å². The van der Waals surface area contributed by atoms with E-state index in [4.69, 9.17) is 10.5 Å². The molecule has 0 aliphatic heterocycles. The third-order valence-corrected chi connectivity index (χ3v) is 3.38. The first-order valence-electron chi connectivity index (χ1n) is 7.74. The van der Waals surface area contributed by atoms with E-state index in [1.807, 2.05) is 6.92 Å². The molecule has 1 unspecified atom stereocenters. The lowest BCUT2D eigenvalue weighted by Crippen LogP contribution is -2.28. The third-order valence-electron chi connectivity index (χ3n) is 3.38. The molecule has 0 aliphatic carbocycles. The summed E-state index contributed by atoms with van der Waals surface area (Å²) >= 11 is 0. The van der Waals surface area contributed by atoms with E-state index in [1.165, 1.54) is 18.2 Å². The van der Waals surface area contributed by atoms with E-state index in [2.05, 4.69) is 5.32 Å². The number of rotatable bonds is 6. The van der Waals surface area contributed by atoms with Crippen molar-refractivity contribution in [3.05, 3.63) is 59.7 Å². The number of amides is 1. The predicted molar refractivity (Wildman–Crippen MR) is 95.8 cm³/mol. The van der Waals surface area contributed by atoms with Gasteiger partial charge in [0.25, 0.3) is 5.91 Å². The number of nitrogens with two attached hydrogens (primary N) is 1. The smallest absolute Gasteiger partial charge is 0.416 e. The van der Waals surface area contributed by atoms with Crippen molar-refractivity contribution < 1.29 is 22.7 Å². The Labute approximate surface area is 155 Å². The van der Waals surface area contributed by atoms with Gasteiger partial charge in [-0.3, -0.25) is 4.79 Å². The number of halogens is 4. The highest BCUT2D eigenvalue weighted by atomic mass is 35.5. The Kier molecular flexibility index (Phi) is 7.92. The maximum Gasteiger partial charge on any atom is 0.416 e. The molecule has 4 nitrogen and oxygen atoms in total. The maximum absolute atomic E-state index is 12.7. The molecule has 2 aromatic rings. The van der Waals surface area contributed by atoms with E-state index < -0.39 is 11.7 Å². The summed E-state index contributed by atoms with van der Waals surface area (Å²) in [5, 5.41) is 2.73. The van der Waals surface area contributed by atoms with Crippen molar-refractivity contribution in [2.45, 2.75) is 25.6 Å². The average Bonchev–Trinajstić information content (AvgIpc) is 2.54. The summed E-state index contributed by atoms with van der Waals surface area (Å²) in [6.07, 6.45) is -3.80. The second-order valence-corrected chi connectivity index (χ2v) is 5.68. The number of carbonyl (C=O) groups excluding carboxylic acids is 1. The molecule has 1 atom stereocenters. The summed E-state index contributed by atoms with van der Waals surface area (Å²) in [6, 6.07) is 10.8. The van der Waals surface area contributed by atoms with Gasteiger partial charge in [0.1, 0.15) is 11.5 Å². The number of ether oxygens (including phenoxy) is 1. The van der Waals surface area contributed by atoms with Crippen LogP contribution in [0.3, 0.4) is 0 Å². The van der Waals surface area contributed by atoms with Gasteiger partial charge in [-0.25, -0.2) is 0 Å². The largest absolute Gasteiger partial charge is 0.457 e. The lowest BCUT2D eigenvalue weighted by atomic mass is 10.2. The zero-order chi connectivity index (χ0) is 18.4. The summed E-state index contributed by atoms with van der Waals surface area (Å²) < 4.78 is 43.7. The molecule has 142 valence electrons. The second kappa shape index (κ2) is 9.45. The van der Waals surface area contributed by atoms with Crippen LogP contribution in [0, 0.1) is 0 Å². The third kappa shape index (κ3) is 6.57. The zero-order valence-electron chi connectivity index (χ0n) is 14.0. The summed E-state index contributed by atoms with van der Waals surface area (Å²) in [5.41, 5.74) is 5.18. The zero-order valence-corrected chi connectivity index (χ0v) is 14.9. The van der Waals surface area contributed by atoms with Crippen LogP contribution in [0.5, 0.6) is 11.5 Å². The van der Waals surface area contributed by atoms with Crippen LogP contribution < -0.4 is 15.8 Å². The Morgan fingerprint density at radius 2 is 1.77 bits per heavy atom. The minimum atomic E-state index is -4.44. The summed E-state index contributed by atoms with van der Waals surface area (Å²) in [5.74, 6) is 0.0265. The van der Waals surface area contributed by atoms with Crippen LogP contribution in [0.25, 0.3) is 0 Å². The van der Waals surface area contributed by atoms with Crippen LogP contribution in [0.1, 0.15) is 29.3 Å². The van der Waals surface area contributed by atoms with E-state index in [9.17, 15) is 18.0 Å². The van der Waals surface area contributed by atoms with Gasteiger partial charge in [-0.2, -0.15) is 13.2 Å². The number of benzene rings is 2. The van der Waals surface area contributed by atoms with Crippen LogP contribution >= 0.6 is 12.4 Å². The quantitative estimate of drug-likeness (QED) is 0.771. The molecule has 8 heteroatoms. The van der Waals surface area contributed by atoms with Crippen molar-refractivity contribution >= 4 is 18.3 Å². The number of nitrogens with one attached hydrogen (secondary N) is 1. The van der Waals surface area contributed by atoms with Gasteiger partial charge in [-0.05, 0) is 49.7 Å². The molecule has 0 saturated carbocycles. The average molecular weight is 389 g/mol. The Balaban J connectivity index is 0.00000338. The van der Waals surface area contributed by atoms with Gasteiger partial charge in [0.2, 0.25) is 0 Å². The molecule has 3 N–H and O–H groups in total. The van der Waals surface area contributed by atoms with Crippen molar-refractivity contribution in [3.63, 3.8) is 0 Å². The highest BCUT2D eigenvalue weighted by Crippen LogP contribution is 2.32. The highest BCUT2D eigenvalue weighted by molar-refractivity contribution is 5.94. The van der Waals surface area contributed by atoms with Gasteiger partial charge >= 0.3 is 6.18 Å². The van der Waals surface area contributed by atoms with Crippen molar-refractivity contribution in [3.8, 4) is 11.5 Å². The molecule has 0 heterocycles. The molecule has 0 saturated heterocycles. The fraction of sp³-hybridized carbons (Fsp3) is 0.278. The van der Waals surface area contributed by atoms with Crippen molar-refractivity contribution in [2.75, 3.05) is 6.54 Å². The SMILES string of the molecule is CC(N)CCNC(=O)c1cccc(Oc2cccc(C(F)(F)F)c2)c1.Cl. The van der Waals surface area contributed by atoms with Gasteiger partial charge < -0.3 is 15.8 Å². The van der Waals surface area contributed by atoms with E-state index in [0.29, 0.717) is 18.5 Å². The Morgan fingerprint density at radius 1 is 1.15 bits per heavy atom. The summed E-state index contributed by atoms with van der Waals surface area (Å²) in [6.45, 7) is 2.28. The van der Waals surface area contributed by atoms with E-state index in [0.717, 1.165) is 12.1 Å². The first-order valence-corrected chi connectivity index (χ1v) is 7.74. The van der Waals surface area contributed by atoms with E-state index in [-0.39, 0.29) is 35.9 Å². The summed E-state index contributed by atoms with van der Waals surface area (Å²) in [4.78, 5) is 12.1. The molecule has 0 bridgehead atoms. The fourth-order valence-corrected chi connectivity index (χ4v) is 2.09. The standard InChI is InChI=1S/C18H19F3N2O2.ClH/c1-12(22)8-9-23-17(24)13-4-2-6-15(10-13)25-16-7-3-5-14(11-16)18(19,20)21;/h2-7,10-12H,8-9,22H2,1H3,(H,23,24);1H. The van der Waals surface area contributed by atoms with Crippen LogP contribution in [-0.4, -0.2) is 18.5 Å². The lowest BCUT2D eigenvalue weighted by Gasteiger charge is -2.11. The number of hydrogen-bond donors (Lipinski definition) is 2. The molecule has 26 heavy (non-hydrogen) atoms. The van der Waals surface area contributed by atoms with Crippen LogP contribution in [0.2, 0.25) is 0 Å². The molecule has 1 amide bonds. The van der Waals surface area contributed by atoms with Crippen LogP contribution in [0.4, 0.5) is 13.2 Å². The molecule has 0 fully saturated rings. The van der Waals surface area contributed by atoms with E-state index >= 15 is 0 Å². The fourth-order valence-electron chi connectivity index (χ4n) is 2.09. The molecular formula is C18H20ClF3N2O2. The molecule has 0 spiro atoms. The molecule has 2 aromatic carbocycles. The number of carbonyl (C=O) groups is 1. The Bertz CT molecular complexity index is 736. The topological polar surface area (TPSA) is 64.3 Å². The molecule has 0 aromatic heterocycles. The Hall–Kier alpha value is -2.25. The van der Waals surface area contributed by atoms with Crippen molar-refractivity contribution in [1.29, 1.82) is 0 Å². The maximum atomic E-state index is 12.7. The van der Waals surface area contributed by atoms with Gasteiger partial charge in [-0.1, -0.05) is 12.1 Å². The van der Waals surface area contributed by atoms with Gasteiger partial charge in [0, 0.05) is 18.2 Å². The van der Waals surface area contributed by atoms with Crippen molar-refractivity contribution in [1.82, 2.24) is 5.32 Å². The number of hydrogen-bond acceptors (Lipinski definition) is 3. The first-order chi connectivity index (χ1) is 11.8. The highest BCUT2D eigenvalue weighted by Gasteiger charge is 2.30. The van der Waals surface area contributed by atoms with Crippen LogP contribution in [-0.2, 0) is 6.18 Å². The minimum absolute atomic E-state index is 0. The van der Waals surface area contributed by atoms with Gasteiger partial charge in [0.05, 0.1) is 5.56 Å². The molecule has 2 rings (SSSR count).